The summed E-state index contributed by atoms with van der Waals surface area (Å²) in [4.78, 5) is 41.2. The van der Waals surface area contributed by atoms with Gasteiger partial charge in [-0.25, -0.2) is 18.0 Å². The zero-order valence-electron chi connectivity index (χ0n) is 33.6. The van der Waals surface area contributed by atoms with Crippen molar-refractivity contribution in [1.29, 1.82) is 0 Å². The van der Waals surface area contributed by atoms with E-state index in [4.69, 9.17) is 4.74 Å². The van der Waals surface area contributed by atoms with Crippen molar-refractivity contribution in [2.24, 2.45) is 11.3 Å². The van der Waals surface area contributed by atoms with Crippen molar-refractivity contribution in [3.63, 3.8) is 0 Å². The number of ketones is 1. The Morgan fingerprint density at radius 3 is 2.05 bits per heavy atom. The predicted molar refractivity (Wildman–Crippen MR) is 206 cm³/mol. The van der Waals surface area contributed by atoms with Crippen molar-refractivity contribution in [2.75, 3.05) is 26.2 Å². The minimum atomic E-state index is -4.67. The third kappa shape index (κ3) is 11.2. The number of Topliss-reactive ketones (excluding diaryl/α,β-unsaturated/α-hetero) is 1. The third-order valence-corrected chi connectivity index (χ3v) is 11.6. The van der Waals surface area contributed by atoms with Crippen LogP contribution in [0.4, 0.5) is 31.1 Å². The first-order valence-electron chi connectivity index (χ1n) is 19.7. The topological polar surface area (TPSA) is 99.2 Å². The molecule has 0 bridgehead atoms. The highest BCUT2D eigenvalue weighted by molar-refractivity contribution is 5.91. The van der Waals surface area contributed by atoms with Crippen LogP contribution in [0.25, 0.3) is 0 Å². The molecule has 0 radical (unpaired) electrons. The van der Waals surface area contributed by atoms with Gasteiger partial charge in [0.05, 0.1) is 23.6 Å². The molecule has 2 amide bonds. The lowest BCUT2D eigenvalue weighted by molar-refractivity contribution is -0.137. The lowest BCUT2D eigenvalue weighted by Crippen LogP contribution is -2.48. The summed E-state index contributed by atoms with van der Waals surface area (Å²) < 4.78 is 84.4. The van der Waals surface area contributed by atoms with E-state index in [9.17, 15) is 45.8 Å². The van der Waals surface area contributed by atoms with Crippen LogP contribution in [0.5, 0.6) is 0 Å². The van der Waals surface area contributed by atoms with Crippen molar-refractivity contribution in [1.82, 2.24) is 15.1 Å². The lowest BCUT2D eigenvalue weighted by atomic mass is 9.74. The van der Waals surface area contributed by atoms with Gasteiger partial charge in [0.15, 0.2) is 5.78 Å². The van der Waals surface area contributed by atoms with Gasteiger partial charge in [-0.05, 0) is 124 Å². The number of likely N-dealkylation sites (tertiary alicyclic amines) is 2. The number of carbonyl (C=O) groups is 3. The SMILES string of the molecule is CC(C)(C)OC(=O)N1CCC(c2ccc(F)cc2)C(=O)C1.CC(C)C1(C(=O)NCc2cc(F)cc(C(F)(F)F)c2)CCC(N2CCC(c3ccc(F)cc3)[C@@H](O)C2)C1. The fourth-order valence-electron chi connectivity index (χ4n) is 8.37. The summed E-state index contributed by atoms with van der Waals surface area (Å²) in [7, 11) is 0. The summed E-state index contributed by atoms with van der Waals surface area (Å²) >= 11 is 0. The van der Waals surface area contributed by atoms with Crippen molar-refractivity contribution in [2.45, 2.75) is 109 Å². The molecule has 2 saturated heterocycles. The van der Waals surface area contributed by atoms with Gasteiger partial charge in [-0.2, -0.15) is 13.2 Å². The molecule has 0 aromatic heterocycles. The largest absolute Gasteiger partial charge is 0.444 e. The standard InChI is InChI=1S/C28H33F5N2O2.C16H20FNO3/c1-17(2)27(26(37)34-15-18-11-20(28(31,32)33)13-22(30)12-18)9-7-23(14-27)35-10-8-24(25(36)16-35)19-3-5-21(29)6-4-19;1-16(2,3)21-15(20)18-9-8-13(14(19)10-18)11-4-6-12(17)7-5-11/h3-6,11-13,17,23-25,36H,7-10,14-16H2,1-2H3,(H,34,37);4-7,13H,8-10H2,1-3H3/t23?,24?,25-,27?;/m0./s1. The Morgan fingerprint density at radius 1 is 0.879 bits per heavy atom. The van der Waals surface area contributed by atoms with Crippen molar-refractivity contribution >= 4 is 17.8 Å². The Bertz CT molecular complexity index is 1900. The molecule has 2 heterocycles. The highest BCUT2D eigenvalue weighted by atomic mass is 19.4. The van der Waals surface area contributed by atoms with E-state index < -0.39 is 40.8 Å². The van der Waals surface area contributed by atoms with Gasteiger partial charge < -0.3 is 20.1 Å². The van der Waals surface area contributed by atoms with E-state index in [2.05, 4.69) is 10.2 Å². The van der Waals surface area contributed by atoms with Gasteiger partial charge in [0.2, 0.25) is 5.91 Å². The Labute approximate surface area is 335 Å². The second-order valence-electron chi connectivity index (χ2n) is 17.0. The summed E-state index contributed by atoms with van der Waals surface area (Å²) in [6, 6.07) is 14.5. The number of rotatable bonds is 7. The minimum Gasteiger partial charge on any atom is -0.444 e. The molecule has 1 aliphatic carbocycles. The molecular weight excluding hydrogens is 764 g/mol. The number of nitrogens with one attached hydrogen (secondary N) is 1. The number of aliphatic hydroxyl groups is 1. The van der Waals surface area contributed by atoms with Crippen molar-refractivity contribution in [3.8, 4) is 0 Å². The molecule has 1 saturated carbocycles. The second-order valence-corrected chi connectivity index (χ2v) is 17.0. The molecule has 5 atom stereocenters. The summed E-state index contributed by atoms with van der Waals surface area (Å²) in [5.74, 6) is -2.30. The number of hydrogen-bond donors (Lipinski definition) is 2. The fraction of sp³-hybridized carbons (Fsp3) is 0.523. The quantitative estimate of drug-likeness (QED) is 0.232. The molecule has 3 aromatic rings. The van der Waals surface area contributed by atoms with Crippen LogP contribution in [0.3, 0.4) is 0 Å². The first-order valence-corrected chi connectivity index (χ1v) is 19.7. The fourth-order valence-corrected chi connectivity index (χ4v) is 8.37. The molecule has 0 spiro atoms. The van der Waals surface area contributed by atoms with Crippen molar-refractivity contribution in [3.05, 3.63) is 106 Å². The Kier molecular flexibility index (Phi) is 14.0. The molecule has 6 rings (SSSR count). The molecular formula is C44H53F6N3O5. The minimum absolute atomic E-state index is 0.0163. The molecule has 58 heavy (non-hydrogen) atoms. The number of amides is 2. The van der Waals surface area contributed by atoms with Crippen LogP contribution in [0, 0.1) is 28.8 Å². The number of carbonyl (C=O) groups excluding carboxylic acids is 3. The Morgan fingerprint density at radius 2 is 1.50 bits per heavy atom. The normalized spacial score (nSPS) is 24.3. The van der Waals surface area contributed by atoms with Gasteiger partial charge in [-0.15, -0.1) is 0 Å². The zero-order valence-corrected chi connectivity index (χ0v) is 33.6. The molecule has 2 aliphatic heterocycles. The maximum atomic E-state index is 13.8. The van der Waals surface area contributed by atoms with E-state index >= 15 is 0 Å². The van der Waals surface area contributed by atoms with Gasteiger partial charge in [-0.3, -0.25) is 14.5 Å². The summed E-state index contributed by atoms with van der Waals surface area (Å²) in [5.41, 5.74) is -0.608. The maximum Gasteiger partial charge on any atom is 0.416 e. The van der Waals surface area contributed by atoms with Crippen LogP contribution in [0.2, 0.25) is 0 Å². The summed E-state index contributed by atoms with van der Waals surface area (Å²) in [6.07, 6.45) is -2.56. The highest BCUT2D eigenvalue weighted by Crippen LogP contribution is 2.47. The average molecular weight is 818 g/mol. The van der Waals surface area contributed by atoms with E-state index in [0.29, 0.717) is 44.8 Å². The van der Waals surface area contributed by atoms with E-state index in [1.165, 1.54) is 29.2 Å². The number of β-amino-alcohol motifs (C(OH)–C–C–N with tert-alkyl or cyclic N) is 1. The van der Waals surface area contributed by atoms with Gasteiger partial charge >= 0.3 is 12.3 Å². The summed E-state index contributed by atoms with van der Waals surface area (Å²) in [5, 5.41) is 13.6. The first-order chi connectivity index (χ1) is 27.1. The monoisotopic (exact) mass is 817 g/mol. The van der Waals surface area contributed by atoms with Gasteiger partial charge in [0.1, 0.15) is 23.1 Å². The smallest absolute Gasteiger partial charge is 0.416 e. The Balaban J connectivity index is 0.000000258. The summed E-state index contributed by atoms with van der Waals surface area (Å²) in [6.45, 7) is 10.8. The van der Waals surface area contributed by atoms with Crippen LogP contribution >= 0.6 is 0 Å². The number of nitrogens with zero attached hydrogens (tertiary/aromatic N) is 2. The van der Waals surface area contributed by atoms with E-state index in [-0.39, 0.29) is 65.8 Å². The van der Waals surface area contributed by atoms with Gasteiger partial charge in [0.25, 0.3) is 0 Å². The molecule has 3 aliphatic rings. The second kappa shape index (κ2) is 18.2. The van der Waals surface area contributed by atoms with Crippen LogP contribution in [-0.4, -0.2) is 76.6 Å². The van der Waals surface area contributed by atoms with Gasteiger partial charge in [0, 0.05) is 37.5 Å². The van der Waals surface area contributed by atoms with Crippen LogP contribution in [-0.2, 0) is 27.0 Å². The van der Waals surface area contributed by atoms with Crippen LogP contribution < -0.4 is 5.32 Å². The van der Waals surface area contributed by atoms with Crippen molar-refractivity contribution < 1.29 is 50.6 Å². The van der Waals surface area contributed by atoms with E-state index in [1.54, 1.807) is 45.0 Å². The Hall–Kier alpha value is -4.43. The average Bonchev–Trinajstić information content (AvgIpc) is 3.61. The molecule has 316 valence electrons. The lowest BCUT2D eigenvalue weighted by Gasteiger charge is -2.40. The van der Waals surface area contributed by atoms with Gasteiger partial charge in [-0.1, -0.05) is 38.1 Å². The van der Waals surface area contributed by atoms with Crippen LogP contribution in [0.1, 0.15) is 101 Å². The number of hydrogen-bond acceptors (Lipinski definition) is 6. The molecule has 4 unspecified atom stereocenters. The predicted octanol–water partition coefficient (Wildman–Crippen LogP) is 8.76. The molecule has 3 fully saturated rings. The van der Waals surface area contributed by atoms with E-state index in [1.807, 2.05) is 13.8 Å². The number of alkyl halides is 3. The number of piperidine rings is 2. The molecule has 3 aromatic carbocycles. The molecule has 2 N–H and O–H groups in total. The third-order valence-electron chi connectivity index (χ3n) is 11.6. The number of aliphatic hydroxyl groups excluding tert-OH is 1. The van der Waals surface area contributed by atoms with E-state index in [0.717, 1.165) is 36.2 Å². The molecule has 14 heteroatoms. The number of benzene rings is 3. The zero-order chi connectivity index (χ0) is 42.6. The van der Waals surface area contributed by atoms with Crippen LogP contribution in [0.15, 0.2) is 66.7 Å². The highest BCUT2D eigenvalue weighted by Gasteiger charge is 2.49. The first kappa shape index (κ1) is 44.7. The molecule has 8 nitrogen and oxygen atoms in total. The number of halogens is 6. The maximum absolute atomic E-state index is 13.8. The number of ether oxygens (including phenoxy) is 1.